The summed E-state index contributed by atoms with van der Waals surface area (Å²) >= 11 is 0. The number of rotatable bonds is 6. The molecule has 0 spiro atoms. The maximum atomic E-state index is 9.73. The van der Waals surface area contributed by atoms with Crippen LogP contribution < -0.4 is 10.6 Å². The molecule has 18 heavy (non-hydrogen) atoms. The first-order valence-corrected chi connectivity index (χ1v) is 6.39. The van der Waals surface area contributed by atoms with Crippen LogP contribution in [0.4, 0.5) is 11.6 Å². The highest BCUT2D eigenvalue weighted by atomic mass is 16.3. The van der Waals surface area contributed by atoms with Crippen molar-refractivity contribution in [3.8, 4) is 0 Å². The average molecular weight is 252 g/mol. The smallest absolute Gasteiger partial charge is 0.134 e. The van der Waals surface area contributed by atoms with Gasteiger partial charge in [0.25, 0.3) is 0 Å². The van der Waals surface area contributed by atoms with Gasteiger partial charge in [0.05, 0.1) is 5.60 Å². The lowest BCUT2D eigenvalue weighted by Crippen LogP contribution is -2.30. The van der Waals surface area contributed by atoms with Gasteiger partial charge >= 0.3 is 0 Å². The van der Waals surface area contributed by atoms with Gasteiger partial charge in [-0.2, -0.15) is 0 Å². The fraction of sp³-hybridized carbons (Fsp3) is 0.692. The van der Waals surface area contributed by atoms with Crippen molar-refractivity contribution in [1.82, 2.24) is 9.97 Å². The third kappa shape index (κ3) is 4.49. The van der Waals surface area contributed by atoms with E-state index in [1.165, 1.54) is 0 Å². The van der Waals surface area contributed by atoms with Crippen molar-refractivity contribution < 1.29 is 5.11 Å². The molecule has 0 aliphatic rings. The van der Waals surface area contributed by atoms with Crippen LogP contribution in [0, 0.1) is 13.8 Å². The van der Waals surface area contributed by atoms with E-state index in [9.17, 15) is 5.11 Å². The van der Waals surface area contributed by atoms with E-state index in [4.69, 9.17) is 0 Å². The maximum Gasteiger partial charge on any atom is 0.134 e. The molecule has 1 heterocycles. The van der Waals surface area contributed by atoms with Crippen molar-refractivity contribution in [3.05, 3.63) is 11.4 Å². The number of aliphatic hydroxyl groups is 1. The minimum atomic E-state index is -0.762. The molecule has 0 aliphatic carbocycles. The topological polar surface area (TPSA) is 70.1 Å². The molecule has 3 N–H and O–H groups in total. The Morgan fingerprint density at radius 3 is 2.17 bits per heavy atom. The molecule has 0 unspecified atom stereocenters. The highest BCUT2D eigenvalue weighted by Crippen LogP contribution is 2.20. The molecule has 0 fully saturated rings. The molecule has 0 aliphatic heterocycles. The maximum absolute atomic E-state index is 9.73. The summed E-state index contributed by atoms with van der Waals surface area (Å²) in [6.45, 7) is 10.8. The zero-order valence-electron chi connectivity index (χ0n) is 12.0. The minimum absolute atomic E-state index is 0.456. The molecule has 102 valence electrons. The van der Waals surface area contributed by atoms with Crippen molar-refractivity contribution in [2.45, 2.75) is 46.6 Å². The van der Waals surface area contributed by atoms with E-state index in [0.717, 1.165) is 36.0 Å². The number of nitrogens with zero attached hydrogens (tertiary/aromatic N) is 2. The first-order chi connectivity index (χ1) is 8.33. The molecule has 0 aromatic carbocycles. The molecule has 0 saturated carbocycles. The van der Waals surface area contributed by atoms with Gasteiger partial charge in [0.1, 0.15) is 17.5 Å². The van der Waals surface area contributed by atoms with Crippen molar-refractivity contribution in [2.24, 2.45) is 0 Å². The second-order valence-corrected chi connectivity index (χ2v) is 5.19. The molecule has 0 amide bonds. The zero-order valence-corrected chi connectivity index (χ0v) is 12.0. The predicted molar refractivity (Wildman–Crippen MR) is 75.1 cm³/mol. The van der Waals surface area contributed by atoms with Crippen LogP contribution in [-0.2, 0) is 0 Å². The van der Waals surface area contributed by atoms with E-state index in [0.29, 0.717) is 6.54 Å². The summed E-state index contributed by atoms with van der Waals surface area (Å²) in [6, 6.07) is 0. The van der Waals surface area contributed by atoms with Crippen LogP contribution in [0.15, 0.2) is 0 Å². The number of anilines is 2. The second kappa shape index (κ2) is 6.00. The van der Waals surface area contributed by atoms with Crippen molar-refractivity contribution in [2.75, 3.05) is 23.7 Å². The average Bonchev–Trinajstić information content (AvgIpc) is 2.26. The van der Waals surface area contributed by atoms with E-state index in [-0.39, 0.29) is 0 Å². The summed E-state index contributed by atoms with van der Waals surface area (Å²) < 4.78 is 0. The van der Waals surface area contributed by atoms with Crippen molar-refractivity contribution in [1.29, 1.82) is 0 Å². The molecule has 5 nitrogen and oxygen atoms in total. The van der Waals surface area contributed by atoms with Gasteiger partial charge in [-0.05, 0) is 34.1 Å². The third-order valence-corrected chi connectivity index (χ3v) is 2.49. The lowest BCUT2D eigenvalue weighted by molar-refractivity contribution is 0.0944. The number of hydrogen-bond donors (Lipinski definition) is 3. The number of nitrogens with one attached hydrogen (secondary N) is 2. The Hall–Kier alpha value is -1.36. The van der Waals surface area contributed by atoms with Gasteiger partial charge in [-0.3, -0.25) is 0 Å². The van der Waals surface area contributed by atoms with E-state index >= 15 is 0 Å². The van der Waals surface area contributed by atoms with Gasteiger partial charge in [-0.1, -0.05) is 6.92 Å². The largest absolute Gasteiger partial charge is 0.389 e. The Kier molecular flexibility index (Phi) is 4.90. The lowest BCUT2D eigenvalue weighted by atomic mass is 10.1. The minimum Gasteiger partial charge on any atom is -0.389 e. The Morgan fingerprint density at radius 1 is 1.11 bits per heavy atom. The van der Waals surface area contributed by atoms with Crippen LogP contribution in [0.25, 0.3) is 0 Å². The van der Waals surface area contributed by atoms with Crippen LogP contribution in [0.3, 0.4) is 0 Å². The molecule has 5 heteroatoms. The van der Waals surface area contributed by atoms with E-state index in [1.54, 1.807) is 13.8 Å². The summed E-state index contributed by atoms with van der Waals surface area (Å²) in [7, 11) is 0. The Morgan fingerprint density at radius 2 is 1.67 bits per heavy atom. The van der Waals surface area contributed by atoms with Gasteiger partial charge in [-0.15, -0.1) is 0 Å². The fourth-order valence-electron chi connectivity index (χ4n) is 1.52. The molecule has 0 bridgehead atoms. The highest BCUT2D eigenvalue weighted by molar-refractivity contribution is 5.57. The SMILES string of the molecule is CCCNc1nc(C)nc(NCC(C)(C)O)c1C. The van der Waals surface area contributed by atoms with Crippen LogP contribution >= 0.6 is 0 Å². The zero-order chi connectivity index (χ0) is 13.8. The van der Waals surface area contributed by atoms with Crippen molar-refractivity contribution in [3.63, 3.8) is 0 Å². The second-order valence-electron chi connectivity index (χ2n) is 5.19. The van der Waals surface area contributed by atoms with Crippen LogP contribution in [0.5, 0.6) is 0 Å². The fourth-order valence-corrected chi connectivity index (χ4v) is 1.52. The first kappa shape index (κ1) is 14.7. The molecule has 0 atom stereocenters. The summed E-state index contributed by atoms with van der Waals surface area (Å²) in [5, 5.41) is 16.2. The molecule has 0 radical (unpaired) electrons. The summed E-state index contributed by atoms with van der Waals surface area (Å²) in [6.07, 6.45) is 1.05. The molecule has 0 saturated heterocycles. The van der Waals surface area contributed by atoms with Crippen molar-refractivity contribution >= 4 is 11.6 Å². The molecule has 1 aromatic heterocycles. The van der Waals surface area contributed by atoms with Gasteiger partial charge in [0.2, 0.25) is 0 Å². The summed E-state index contributed by atoms with van der Waals surface area (Å²) in [5.41, 5.74) is 0.223. The number of aryl methyl sites for hydroxylation is 1. The molecular formula is C13H24N4O. The van der Waals surface area contributed by atoms with E-state index in [2.05, 4.69) is 27.5 Å². The normalized spacial score (nSPS) is 11.4. The summed E-state index contributed by atoms with van der Waals surface area (Å²) in [4.78, 5) is 8.76. The highest BCUT2D eigenvalue weighted by Gasteiger charge is 2.14. The van der Waals surface area contributed by atoms with Gasteiger partial charge in [0, 0.05) is 18.7 Å². The van der Waals surface area contributed by atoms with Gasteiger partial charge in [-0.25, -0.2) is 9.97 Å². The predicted octanol–water partition coefficient (Wildman–Crippen LogP) is 2.10. The van der Waals surface area contributed by atoms with Gasteiger partial charge < -0.3 is 15.7 Å². The Labute approximate surface area is 109 Å². The van der Waals surface area contributed by atoms with E-state index in [1.807, 2.05) is 13.8 Å². The molecule has 1 rings (SSSR count). The third-order valence-electron chi connectivity index (χ3n) is 2.49. The summed E-state index contributed by atoms with van der Waals surface area (Å²) in [5.74, 6) is 2.36. The Balaban J connectivity index is 2.87. The van der Waals surface area contributed by atoms with E-state index < -0.39 is 5.60 Å². The van der Waals surface area contributed by atoms with Crippen LogP contribution in [0.1, 0.15) is 38.6 Å². The van der Waals surface area contributed by atoms with Crippen LogP contribution in [0.2, 0.25) is 0 Å². The number of aromatic nitrogens is 2. The lowest BCUT2D eigenvalue weighted by Gasteiger charge is -2.20. The monoisotopic (exact) mass is 252 g/mol. The molecule has 1 aromatic rings. The first-order valence-electron chi connectivity index (χ1n) is 6.39. The molecular weight excluding hydrogens is 228 g/mol. The van der Waals surface area contributed by atoms with Gasteiger partial charge in [0.15, 0.2) is 0 Å². The van der Waals surface area contributed by atoms with Crippen LogP contribution in [-0.4, -0.2) is 33.8 Å². The number of hydrogen-bond acceptors (Lipinski definition) is 5. The quantitative estimate of drug-likeness (QED) is 0.723. The standard InChI is InChI=1S/C13H24N4O/c1-6-7-14-11-9(2)12(17-10(3)16-11)15-8-13(4,5)18/h18H,6-8H2,1-5H3,(H2,14,15,16,17). The Bertz CT molecular complexity index is 399.